The lowest BCUT2D eigenvalue weighted by molar-refractivity contribution is 0.0904. The van der Waals surface area contributed by atoms with Crippen molar-refractivity contribution in [1.82, 2.24) is 19.8 Å². The fourth-order valence-electron chi connectivity index (χ4n) is 2.37. The van der Waals surface area contributed by atoms with Crippen LogP contribution in [-0.2, 0) is 5.41 Å². The van der Waals surface area contributed by atoms with Crippen molar-refractivity contribution < 1.29 is 9.47 Å². The predicted molar refractivity (Wildman–Crippen MR) is 82.7 cm³/mol. The molecule has 1 atom stereocenters. The summed E-state index contributed by atoms with van der Waals surface area (Å²) in [6.07, 6.45) is -0.214. The molecule has 0 bridgehead atoms. The maximum atomic E-state index is 6.00. The Morgan fingerprint density at radius 1 is 1.18 bits per heavy atom. The van der Waals surface area contributed by atoms with E-state index in [0.29, 0.717) is 6.61 Å². The Hall–Kier alpha value is -2.15. The largest absolute Gasteiger partial charge is 0.485 e. The van der Waals surface area contributed by atoms with E-state index in [2.05, 4.69) is 36.1 Å². The summed E-state index contributed by atoms with van der Waals surface area (Å²) in [6, 6.07) is 7.67. The number of hydrogen-bond acceptors (Lipinski definition) is 6. The lowest BCUT2D eigenvalue weighted by atomic mass is 9.96. The standard InChI is InChI=1S/C15H16N4O2S/c1-15(2,3)13-16-17-14-19(13)18-12(22-14)11-8-20-9-6-4-5-7-10(9)21-11/h4-7,11H,8H2,1-3H3. The molecule has 1 aliphatic rings. The highest BCUT2D eigenvalue weighted by Gasteiger charge is 2.29. The van der Waals surface area contributed by atoms with Gasteiger partial charge in [-0.3, -0.25) is 0 Å². The third kappa shape index (κ3) is 2.12. The van der Waals surface area contributed by atoms with Gasteiger partial charge in [0.25, 0.3) is 0 Å². The summed E-state index contributed by atoms with van der Waals surface area (Å²) in [5.41, 5.74) is -0.110. The van der Waals surface area contributed by atoms with E-state index in [1.807, 2.05) is 28.8 Å². The van der Waals surface area contributed by atoms with E-state index in [4.69, 9.17) is 9.47 Å². The zero-order valence-electron chi connectivity index (χ0n) is 12.6. The zero-order chi connectivity index (χ0) is 15.3. The number of rotatable bonds is 1. The Bertz CT molecular complexity index is 834. The van der Waals surface area contributed by atoms with Crippen molar-refractivity contribution in [2.75, 3.05) is 6.61 Å². The van der Waals surface area contributed by atoms with Crippen LogP contribution in [0.25, 0.3) is 4.96 Å². The normalized spacial score (nSPS) is 17.9. The van der Waals surface area contributed by atoms with Gasteiger partial charge >= 0.3 is 0 Å². The van der Waals surface area contributed by atoms with Crippen LogP contribution in [0, 0.1) is 0 Å². The van der Waals surface area contributed by atoms with Gasteiger partial charge in [0.05, 0.1) is 0 Å². The van der Waals surface area contributed by atoms with Crippen molar-refractivity contribution >= 4 is 16.3 Å². The van der Waals surface area contributed by atoms with E-state index in [0.717, 1.165) is 27.3 Å². The van der Waals surface area contributed by atoms with Gasteiger partial charge in [-0.2, -0.15) is 9.61 Å². The molecule has 2 aromatic heterocycles. The van der Waals surface area contributed by atoms with Crippen LogP contribution in [0.3, 0.4) is 0 Å². The van der Waals surface area contributed by atoms with Crippen LogP contribution in [0.4, 0.5) is 0 Å². The number of hydrogen-bond donors (Lipinski definition) is 0. The summed E-state index contributed by atoms with van der Waals surface area (Å²) >= 11 is 1.49. The first-order valence-corrected chi connectivity index (χ1v) is 7.95. The van der Waals surface area contributed by atoms with Gasteiger partial charge in [-0.1, -0.05) is 44.2 Å². The molecule has 0 amide bonds. The Labute approximate surface area is 131 Å². The molecule has 0 N–H and O–H groups in total. The number of nitrogens with zero attached hydrogens (tertiary/aromatic N) is 4. The second-order valence-electron chi connectivity index (χ2n) is 6.27. The first kappa shape index (κ1) is 13.5. The van der Waals surface area contributed by atoms with Crippen LogP contribution in [0.5, 0.6) is 11.5 Å². The molecule has 0 saturated heterocycles. The van der Waals surface area contributed by atoms with Crippen LogP contribution in [-0.4, -0.2) is 26.4 Å². The lowest BCUT2D eigenvalue weighted by Gasteiger charge is -2.24. The smallest absolute Gasteiger partial charge is 0.234 e. The van der Waals surface area contributed by atoms with Gasteiger partial charge in [0.15, 0.2) is 28.4 Å². The van der Waals surface area contributed by atoms with Crippen molar-refractivity contribution in [3.8, 4) is 11.5 Å². The van der Waals surface area contributed by atoms with Crippen LogP contribution < -0.4 is 9.47 Å². The lowest BCUT2D eigenvalue weighted by Crippen LogP contribution is -2.22. The van der Waals surface area contributed by atoms with E-state index in [1.54, 1.807) is 0 Å². The molecule has 3 aromatic rings. The minimum absolute atomic E-state index is 0.110. The van der Waals surface area contributed by atoms with Gasteiger partial charge in [-0.25, -0.2) is 0 Å². The summed E-state index contributed by atoms with van der Waals surface area (Å²) < 4.78 is 13.6. The van der Waals surface area contributed by atoms with Crippen LogP contribution in [0.2, 0.25) is 0 Å². The molecule has 0 aliphatic carbocycles. The number of ether oxygens (including phenoxy) is 2. The Morgan fingerprint density at radius 2 is 1.95 bits per heavy atom. The van der Waals surface area contributed by atoms with Crippen molar-refractivity contribution in [2.24, 2.45) is 0 Å². The molecule has 6 nitrogen and oxygen atoms in total. The summed E-state index contributed by atoms with van der Waals surface area (Å²) in [7, 11) is 0. The average Bonchev–Trinajstić information content (AvgIpc) is 3.05. The molecule has 7 heteroatoms. The molecule has 0 fully saturated rings. The number of fused-ring (bicyclic) bond motifs is 2. The number of benzene rings is 1. The minimum Gasteiger partial charge on any atom is -0.485 e. The molecule has 1 aromatic carbocycles. The average molecular weight is 316 g/mol. The second kappa shape index (κ2) is 4.67. The highest BCUT2D eigenvalue weighted by molar-refractivity contribution is 7.16. The molecule has 0 spiro atoms. The third-order valence-electron chi connectivity index (χ3n) is 3.46. The van der Waals surface area contributed by atoms with Crippen LogP contribution in [0.1, 0.15) is 37.7 Å². The van der Waals surface area contributed by atoms with Crippen LogP contribution in [0.15, 0.2) is 24.3 Å². The summed E-state index contributed by atoms with van der Waals surface area (Å²) in [5, 5.41) is 13.9. The summed E-state index contributed by atoms with van der Waals surface area (Å²) in [5.74, 6) is 2.38. The third-order valence-corrected chi connectivity index (χ3v) is 4.45. The van der Waals surface area contributed by atoms with Crippen molar-refractivity contribution in [3.63, 3.8) is 0 Å². The molecule has 22 heavy (non-hydrogen) atoms. The maximum Gasteiger partial charge on any atom is 0.234 e. The van der Waals surface area contributed by atoms with Gasteiger partial charge in [-0.15, -0.1) is 10.2 Å². The van der Waals surface area contributed by atoms with Crippen LogP contribution >= 0.6 is 11.3 Å². The van der Waals surface area contributed by atoms with Gasteiger partial charge < -0.3 is 9.47 Å². The molecule has 0 radical (unpaired) electrons. The quantitative estimate of drug-likeness (QED) is 0.690. The van der Waals surface area contributed by atoms with Gasteiger partial charge in [-0.05, 0) is 12.1 Å². The minimum atomic E-state index is -0.214. The SMILES string of the molecule is CC(C)(C)c1nnc2sc(C3COc4ccccc4O3)nn12. The number of para-hydroxylation sites is 2. The van der Waals surface area contributed by atoms with Crippen molar-refractivity contribution in [3.05, 3.63) is 35.1 Å². The molecule has 1 unspecified atom stereocenters. The molecular weight excluding hydrogens is 300 g/mol. The molecule has 0 saturated carbocycles. The molecule has 3 heterocycles. The Balaban J connectivity index is 1.70. The maximum absolute atomic E-state index is 6.00. The van der Waals surface area contributed by atoms with Gasteiger partial charge in [0, 0.05) is 5.41 Å². The molecule has 4 rings (SSSR count). The Morgan fingerprint density at radius 3 is 2.73 bits per heavy atom. The number of aromatic nitrogens is 4. The van der Waals surface area contributed by atoms with E-state index in [1.165, 1.54) is 11.3 Å². The van der Waals surface area contributed by atoms with Crippen molar-refractivity contribution in [1.29, 1.82) is 0 Å². The van der Waals surface area contributed by atoms with Gasteiger partial charge in [0.2, 0.25) is 4.96 Å². The first-order chi connectivity index (χ1) is 10.5. The van der Waals surface area contributed by atoms with E-state index in [-0.39, 0.29) is 11.5 Å². The fraction of sp³-hybridized carbons (Fsp3) is 0.400. The predicted octanol–water partition coefficient (Wildman–Crippen LogP) is 3.00. The fourth-order valence-corrected chi connectivity index (χ4v) is 3.22. The van der Waals surface area contributed by atoms with E-state index >= 15 is 0 Å². The zero-order valence-corrected chi connectivity index (χ0v) is 13.4. The first-order valence-electron chi connectivity index (χ1n) is 7.13. The highest BCUT2D eigenvalue weighted by atomic mass is 32.1. The van der Waals surface area contributed by atoms with E-state index in [9.17, 15) is 0 Å². The molecular formula is C15H16N4O2S. The van der Waals surface area contributed by atoms with E-state index < -0.39 is 0 Å². The summed E-state index contributed by atoms with van der Waals surface area (Å²) in [4.78, 5) is 0.780. The topological polar surface area (TPSA) is 61.5 Å². The molecule has 1 aliphatic heterocycles. The Kier molecular flexibility index (Phi) is 2.87. The second-order valence-corrected chi connectivity index (χ2v) is 7.26. The highest BCUT2D eigenvalue weighted by Crippen LogP contribution is 2.37. The molecule has 114 valence electrons. The van der Waals surface area contributed by atoms with Crippen molar-refractivity contribution in [2.45, 2.75) is 32.3 Å². The van der Waals surface area contributed by atoms with Gasteiger partial charge in [0.1, 0.15) is 6.61 Å². The summed E-state index contributed by atoms with van der Waals surface area (Å²) in [6.45, 7) is 6.74. The monoisotopic (exact) mass is 316 g/mol.